The van der Waals surface area contributed by atoms with E-state index in [1.165, 1.54) is 17.1 Å². The molecule has 1 aromatic heterocycles. The molecule has 1 heterocycles. The fourth-order valence-electron chi connectivity index (χ4n) is 2.89. The van der Waals surface area contributed by atoms with Crippen LogP contribution >= 0.6 is 11.6 Å². The highest BCUT2D eigenvalue weighted by Gasteiger charge is 2.09. The normalized spacial score (nSPS) is 11.2. The lowest BCUT2D eigenvalue weighted by molar-refractivity contribution is 0.963. The second-order valence-electron chi connectivity index (χ2n) is 6.31. The average Bonchev–Trinajstić information content (AvgIpc) is 2.88. The summed E-state index contributed by atoms with van der Waals surface area (Å²) in [5.74, 6) is 0. The van der Waals surface area contributed by atoms with Gasteiger partial charge in [0.2, 0.25) is 0 Å². The van der Waals surface area contributed by atoms with Crippen LogP contribution in [0.5, 0.6) is 0 Å². The molecule has 0 radical (unpaired) electrons. The number of rotatable bonds is 4. The van der Waals surface area contributed by atoms with Gasteiger partial charge < -0.3 is 9.47 Å². The fraction of sp³-hybridized carbons (Fsp3) is 0.190. The van der Waals surface area contributed by atoms with Gasteiger partial charge in [-0.25, -0.2) is 0 Å². The van der Waals surface area contributed by atoms with Gasteiger partial charge in [0.25, 0.3) is 0 Å². The van der Waals surface area contributed by atoms with Crippen molar-refractivity contribution in [2.75, 3.05) is 19.0 Å². The predicted octanol–water partition coefficient (Wildman–Crippen LogP) is 5.56. The molecular formula is C21H22ClN3. The van der Waals surface area contributed by atoms with Crippen molar-refractivity contribution in [3.8, 4) is 5.69 Å². The van der Waals surface area contributed by atoms with Crippen LogP contribution in [0.15, 0.2) is 59.6 Å². The molecule has 0 spiro atoms. The summed E-state index contributed by atoms with van der Waals surface area (Å²) in [5.41, 5.74) is 6.72. The van der Waals surface area contributed by atoms with Gasteiger partial charge in [-0.3, -0.25) is 4.99 Å². The van der Waals surface area contributed by atoms with E-state index >= 15 is 0 Å². The van der Waals surface area contributed by atoms with E-state index in [1.807, 2.05) is 44.6 Å². The number of hydrogen-bond acceptors (Lipinski definition) is 2. The second kappa shape index (κ2) is 7.16. The minimum absolute atomic E-state index is 0.721. The fourth-order valence-corrected chi connectivity index (χ4v) is 3.01. The van der Waals surface area contributed by atoms with Gasteiger partial charge in [0.15, 0.2) is 0 Å². The van der Waals surface area contributed by atoms with E-state index in [9.17, 15) is 0 Å². The molecule has 0 atom stereocenters. The van der Waals surface area contributed by atoms with Crippen molar-refractivity contribution >= 4 is 29.2 Å². The van der Waals surface area contributed by atoms with E-state index in [4.69, 9.17) is 11.6 Å². The summed E-state index contributed by atoms with van der Waals surface area (Å²) in [6, 6.07) is 18.3. The molecule has 4 heteroatoms. The maximum Gasteiger partial charge on any atom is 0.0630 e. The summed E-state index contributed by atoms with van der Waals surface area (Å²) >= 11 is 5.92. The lowest BCUT2D eigenvalue weighted by Crippen LogP contribution is -2.08. The number of anilines is 1. The molecule has 3 nitrogen and oxygen atoms in total. The van der Waals surface area contributed by atoms with Crippen molar-refractivity contribution in [3.63, 3.8) is 0 Å². The first-order valence-corrected chi connectivity index (χ1v) is 8.60. The summed E-state index contributed by atoms with van der Waals surface area (Å²) in [6.07, 6.45) is 1.91. The number of halogens is 1. The smallest absolute Gasteiger partial charge is 0.0630 e. The minimum atomic E-state index is 0.721. The molecular weight excluding hydrogens is 330 g/mol. The van der Waals surface area contributed by atoms with Gasteiger partial charge in [-0.1, -0.05) is 11.6 Å². The van der Waals surface area contributed by atoms with Crippen LogP contribution in [-0.2, 0) is 0 Å². The first-order chi connectivity index (χ1) is 12.0. The van der Waals surface area contributed by atoms with Crippen LogP contribution in [0.25, 0.3) is 5.69 Å². The number of aliphatic imine (C=N–C) groups is 1. The zero-order valence-electron chi connectivity index (χ0n) is 15.0. The number of nitrogens with zero attached hydrogens (tertiary/aromatic N) is 3. The summed E-state index contributed by atoms with van der Waals surface area (Å²) < 4.78 is 2.25. The van der Waals surface area contributed by atoms with Crippen LogP contribution in [0.4, 0.5) is 11.4 Å². The van der Waals surface area contributed by atoms with Crippen LogP contribution < -0.4 is 4.90 Å². The Hall–Kier alpha value is -2.52. The van der Waals surface area contributed by atoms with Crippen molar-refractivity contribution in [2.24, 2.45) is 4.99 Å². The SMILES string of the molecule is Cc1cc(C=Nc2ccc(Cl)cc2)c(C)n1-c1ccc(N(C)C)cc1. The summed E-state index contributed by atoms with van der Waals surface area (Å²) in [6.45, 7) is 4.24. The molecule has 25 heavy (non-hydrogen) atoms. The van der Waals surface area contributed by atoms with E-state index in [0.717, 1.165) is 22.0 Å². The third-order valence-corrected chi connectivity index (χ3v) is 4.53. The van der Waals surface area contributed by atoms with Crippen LogP contribution in [0.3, 0.4) is 0 Å². The molecule has 0 saturated heterocycles. The second-order valence-corrected chi connectivity index (χ2v) is 6.74. The molecule has 128 valence electrons. The number of benzene rings is 2. The zero-order valence-corrected chi connectivity index (χ0v) is 15.7. The predicted molar refractivity (Wildman–Crippen MR) is 108 cm³/mol. The van der Waals surface area contributed by atoms with E-state index < -0.39 is 0 Å². The monoisotopic (exact) mass is 351 g/mol. The Morgan fingerprint density at radius 1 is 0.960 bits per heavy atom. The first-order valence-electron chi connectivity index (χ1n) is 8.22. The molecule has 0 aliphatic heterocycles. The Morgan fingerprint density at radius 3 is 2.20 bits per heavy atom. The molecule has 0 N–H and O–H groups in total. The molecule has 3 rings (SSSR count). The maximum atomic E-state index is 5.92. The van der Waals surface area contributed by atoms with Gasteiger partial charge in [-0.05, 0) is 68.4 Å². The molecule has 0 fully saturated rings. The van der Waals surface area contributed by atoms with Gasteiger partial charge in [0.05, 0.1) is 5.69 Å². The van der Waals surface area contributed by atoms with Gasteiger partial charge >= 0.3 is 0 Å². The summed E-state index contributed by atoms with van der Waals surface area (Å²) in [7, 11) is 4.10. The van der Waals surface area contributed by atoms with Crippen molar-refractivity contribution in [1.82, 2.24) is 4.57 Å². The minimum Gasteiger partial charge on any atom is -0.378 e. The molecule has 0 aliphatic carbocycles. The van der Waals surface area contributed by atoms with E-state index in [1.54, 1.807) is 0 Å². The Balaban J connectivity index is 1.91. The lowest BCUT2D eigenvalue weighted by Gasteiger charge is -2.14. The number of aromatic nitrogens is 1. The maximum absolute atomic E-state index is 5.92. The summed E-state index contributed by atoms with van der Waals surface area (Å²) in [4.78, 5) is 6.66. The van der Waals surface area contributed by atoms with Crippen molar-refractivity contribution in [1.29, 1.82) is 0 Å². The van der Waals surface area contributed by atoms with E-state index in [0.29, 0.717) is 0 Å². The topological polar surface area (TPSA) is 20.5 Å². The molecule has 0 saturated carbocycles. The van der Waals surface area contributed by atoms with Gasteiger partial charge in [0.1, 0.15) is 0 Å². The van der Waals surface area contributed by atoms with Gasteiger partial charge in [0, 0.05) is 53.7 Å². The molecule has 2 aromatic carbocycles. The van der Waals surface area contributed by atoms with Crippen molar-refractivity contribution in [2.45, 2.75) is 13.8 Å². The highest BCUT2D eigenvalue weighted by atomic mass is 35.5. The highest BCUT2D eigenvalue weighted by Crippen LogP contribution is 2.23. The van der Waals surface area contributed by atoms with Gasteiger partial charge in [-0.15, -0.1) is 0 Å². The molecule has 0 unspecified atom stereocenters. The Kier molecular flexibility index (Phi) is 4.95. The van der Waals surface area contributed by atoms with E-state index in [2.05, 4.69) is 58.6 Å². The number of aryl methyl sites for hydroxylation is 1. The third kappa shape index (κ3) is 3.77. The Labute approximate surface area is 154 Å². The van der Waals surface area contributed by atoms with E-state index in [-0.39, 0.29) is 0 Å². The molecule has 0 aliphatic rings. The molecule has 0 amide bonds. The largest absolute Gasteiger partial charge is 0.378 e. The third-order valence-electron chi connectivity index (χ3n) is 4.27. The van der Waals surface area contributed by atoms with Crippen LogP contribution in [0.2, 0.25) is 5.02 Å². The zero-order chi connectivity index (χ0) is 18.0. The molecule has 0 bridgehead atoms. The molecule has 3 aromatic rings. The Morgan fingerprint density at radius 2 is 1.60 bits per heavy atom. The first kappa shape index (κ1) is 17.3. The van der Waals surface area contributed by atoms with Crippen molar-refractivity contribution < 1.29 is 0 Å². The van der Waals surface area contributed by atoms with Crippen molar-refractivity contribution in [3.05, 3.63) is 76.6 Å². The Bertz CT molecular complexity index is 888. The quantitative estimate of drug-likeness (QED) is 0.563. The lowest BCUT2D eigenvalue weighted by atomic mass is 10.2. The average molecular weight is 352 g/mol. The highest BCUT2D eigenvalue weighted by molar-refractivity contribution is 6.30. The summed E-state index contributed by atoms with van der Waals surface area (Å²) in [5, 5.41) is 0.721. The number of hydrogen-bond donors (Lipinski definition) is 0. The van der Waals surface area contributed by atoms with Crippen LogP contribution in [0, 0.1) is 13.8 Å². The van der Waals surface area contributed by atoms with Crippen LogP contribution in [0.1, 0.15) is 17.0 Å². The van der Waals surface area contributed by atoms with Gasteiger partial charge in [-0.2, -0.15) is 0 Å². The standard InChI is InChI=1S/C21H22ClN3/c1-15-13-17(14-23-19-7-5-18(22)6-8-19)16(2)25(15)21-11-9-20(10-12-21)24(3)4/h5-14H,1-4H3. The van der Waals surface area contributed by atoms with Crippen LogP contribution in [-0.4, -0.2) is 24.9 Å².